The maximum atomic E-state index is 10.6. The Morgan fingerprint density at radius 1 is 1.35 bits per heavy atom. The second kappa shape index (κ2) is 5.34. The fourth-order valence-electron chi connectivity index (χ4n) is 1.47. The van der Waals surface area contributed by atoms with Crippen LogP contribution in [0, 0.1) is 0 Å². The molecule has 0 unspecified atom stereocenters. The van der Waals surface area contributed by atoms with Crippen LogP contribution < -0.4 is 4.74 Å². The highest BCUT2D eigenvalue weighted by Crippen LogP contribution is 2.29. The number of aldehydes is 1. The summed E-state index contributed by atoms with van der Waals surface area (Å²) >= 11 is 7.39. The van der Waals surface area contributed by atoms with Crippen LogP contribution >= 0.6 is 22.9 Å². The van der Waals surface area contributed by atoms with Crippen molar-refractivity contribution >= 4 is 29.2 Å². The monoisotopic (exact) mass is 266 g/mol. The molecule has 0 bridgehead atoms. The zero-order chi connectivity index (χ0) is 12.3. The Hall–Kier alpha value is -1.32. The first-order chi connectivity index (χ1) is 8.22. The molecule has 1 aromatic carbocycles. The van der Waals surface area contributed by atoms with Gasteiger partial charge in [0.2, 0.25) is 0 Å². The van der Waals surface area contributed by atoms with Gasteiger partial charge in [-0.1, -0.05) is 18.5 Å². The first-order valence-corrected chi connectivity index (χ1v) is 6.48. The van der Waals surface area contributed by atoms with Gasteiger partial charge in [0.25, 0.3) is 0 Å². The fourth-order valence-corrected chi connectivity index (χ4v) is 2.33. The highest BCUT2D eigenvalue weighted by atomic mass is 35.5. The lowest BCUT2D eigenvalue weighted by atomic mass is 10.1. The molecule has 4 heteroatoms. The Morgan fingerprint density at radius 3 is 2.82 bits per heavy atom. The van der Waals surface area contributed by atoms with E-state index < -0.39 is 0 Å². The van der Waals surface area contributed by atoms with E-state index in [-0.39, 0.29) is 0 Å². The van der Waals surface area contributed by atoms with Crippen molar-refractivity contribution in [2.45, 2.75) is 13.3 Å². The maximum absolute atomic E-state index is 10.6. The number of hydrogen-bond donors (Lipinski definition) is 0. The minimum Gasteiger partial charge on any atom is -0.456 e. The van der Waals surface area contributed by atoms with Crippen LogP contribution in [0.15, 0.2) is 29.6 Å². The lowest BCUT2D eigenvalue weighted by Crippen LogP contribution is -1.86. The number of benzene rings is 1. The van der Waals surface area contributed by atoms with Gasteiger partial charge in [0.1, 0.15) is 11.5 Å². The lowest BCUT2D eigenvalue weighted by Gasteiger charge is -2.06. The van der Waals surface area contributed by atoms with E-state index in [2.05, 4.69) is 0 Å². The highest BCUT2D eigenvalue weighted by Gasteiger charge is 2.04. The van der Waals surface area contributed by atoms with Crippen molar-refractivity contribution in [2.24, 2.45) is 0 Å². The van der Waals surface area contributed by atoms with Gasteiger partial charge in [-0.3, -0.25) is 4.79 Å². The Labute approximate surface area is 109 Å². The van der Waals surface area contributed by atoms with E-state index in [1.807, 2.05) is 30.5 Å². The van der Waals surface area contributed by atoms with Crippen LogP contribution in [0.4, 0.5) is 0 Å². The summed E-state index contributed by atoms with van der Waals surface area (Å²) in [4.78, 5) is 11.2. The minimum atomic E-state index is 0.657. The molecule has 0 aliphatic rings. The summed E-state index contributed by atoms with van der Waals surface area (Å²) in [6.07, 6.45) is 1.68. The van der Waals surface area contributed by atoms with Crippen LogP contribution in [0.5, 0.6) is 11.5 Å². The third kappa shape index (κ3) is 2.87. The minimum absolute atomic E-state index is 0.657. The Kier molecular flexibility index (Phi) is 3.82. The smallest absolute Gasteiger partial charge is 0.160 e. The third-order valence-corrected chi connectivity index (χ3v) is 3.55. The van der Waals surface area contributed by atoms with Gasteiger partial charge in [-0.2, -0.15) is 0 Å². The van der Waals surface area contributed by atoms with Crippen molar-refractivity contribution in [1.82, 2.24) is 0 Å². The molecule has 0 amide bonds. The molecule has 0 fully saturated rings. The second-order valence-corrected chi connectivity index (χ2v) is 4.86. The molecule has 2 aromatic rings. The summed E-state index contributed by atoms with van der Waals surface area (Å²) < 4.78 is 5.65. The van der Waals surface area contributed by atoms with E-state index in [9.17, 15) is 4.79 Å². The first kappa shape index (κ1) is 12.1. The van der Waals surface area contributed by atoms with Crippen LogP contribution in [-0.2, 0) is 6.42 Å². The van der Waals surface area contributed by atoms with Gasteiger partial charge < -0.3 is 4.74 Å². The van der Waals surface area contributed by atoms with Gasteiger partial charge in [-0.05, 0) is 30.2 Å². The predicted molar refractivity (Wildman–Crippen MR) is 70.6 cm³/mol. The van der Waals surface area contributed by atoms with Crippen molar-refractivity contribution in [3.63, 3.8) is 0 Å². The summed E-state index contributed by atoms with van der Waals surface area (Å²) in [6, 6.07) is 7.28. The Balaban J connectivity index is 2.20. The van der Waals surface area contributed by atoms with Crippen LogP contribution in [0.1, 0.15) is 22.2 Å². The molecule has 0 spiro atoms. The summed E-state index contributed by atoms with van der Waals surface area (Å²) in [5, 5.41) is 2.56. The highest BCUT2D eigenvalue weighted by molar-refractivity contribution is 7.11. The van der Waals surface area contributed by atoms with E-state index in [1.165, 1.54) is 11.3 Å². The molecule has 0 radical (unpaired) electrons. The molecule has 17 heavy (non-hydrogen) atoms. The average Bonchev–Trinajstić information content (AvgIpc) is 2.79. The standard InChI is InChI=1S/C13H11ClO2S/c1-2-9-5-10(3-4-13(9)14)16-11-6-12(7-15)17-8-11/h3-8H,2H2,1H3. The van der Waals surface area contributed by atoms with Crippen LogP contribution in [0.2, 0.25) is 5.02 Å². The number of ether oxygens (including phenoxy) is 1. The molecular weight excluding hydrogens is 256 g/mol. The summed E-state index contributed by atoms with van der Waals surface area (Å²) in [6.45, 7) is 2.04. The Morgan fingerprint density at radius 2 is 2.18 bits per heavy atom. The molecule has 0 aliphatic carbocycles. The van der Waals surface area contributed by atoms with Crippen LogP contribution in [0.3, 0.4) is 0 Å². The number of carbonyl (C=O) groups is 1. The summed E-state index contributed by atoms with van der Waals surface area (Å²) in [5.74, 6) is 1.42. The van der Waals surface area contributed by atoms with Crippen molar-refractivity contribution in [2.75, 3.05) is 0 Å². The molecule has 0 N–H and O–H groups in total. The van der Waals surface area contributed by atoms with Gasteiger partial charge in [0.05, 0.1) is 4.88 Å². The SMILES string of the molecule is CCc1cc(Oc2csc(C=O)c2)ccc1Cl. The predicted octanol–water partition coefficient (Wildman–Crippen LogP) is 4.57. The molecule has 0 saturated carbocycles. The van der Waals surface area contributed by atoms with E-state index in [0.717, 1.165) is 29.0 Å². The maximum Gasteiger partial charge on any atom is 0.160 e. The van der Waals surface area contributed by atoms with E-state index >= 15 is 0 Å². The van der Waals surface area contributed by atoms with Crippen molar-refractivity contribution in [3.05, 3.63) is 45.1 Å². The van der Waals surface area contributed by atoms with Crippen molar-refractivity contribution in [3.8, 4) is 11.5 Å². The topological polar surface area (TPSA) is 26.3 Å². The quantitative estimate of drug-likeness (QED) is 0.758. The molecule has 1 aromatic heterocycles. The zero-order valence-corrected chi connectivity index (χ0v) is 10.8. The number of aryl methyl sites for hydroxylation is 1. The van der Waals surface area contributed by atoms with E-state index in [0.29, 0.717) is 10.6 Å². The van der Waals surface area contributed by atoms with Crippen LogP contribution in [-0.4, -0.2) is 6.29 Å². The molecule has 1 heterocycles. The summed E-state index contributed by atoms with van der Waals surface area (Å²) in [7, 11) is 0. The number of carbonyl (C=O) groups excluding carboxylic acids is 1. The first-order valence-electron chi connectivity index (χ1n) is 5.23. The molecular formula is C13H11ClO2S. The zero-order valence-electron chi connectivity index (χ0n) is 9.27. The van der Waals surface area contributed by atoms with Crippen molar-refractivity contribution in [1.29, 1.82) is 0 Å². The molecule has 2 rings (SSSR count). The molecule has 0 atom stereocenters. The second-order valence-electron chi connectivity index (χ2n) is 3.51. The van der Waals surface area contributed by atoms with Gasteiger partial charge in [-0.25, -0.2) is 0 Å². The molecule has 2 nitrogen and oxygen atoms in total. The van der Waals surface area contributed by atoms with Gasteiger partial charge >= 0.3 is 0 Å². The lowest BCUT2D eigenvalue weighted by molar-refractivity contribution is 0.112. The van der Waals surface area contributed by atoms with Crippen LogP contribution in [0.25, 0.3) is 0 Å². The number of halogens is 1. The van der Waals surface area contributed by atoms with E-state index in [4.69, 9.17) is 16.3 Å². The molecule has 0 saturated heterocycles. The largest absolute Gasteiger partial charge is 0.456 e. The Bertz CT molecular complexity index is 534. The molecule has 88 valence electrons. The number of thiophene rings is 1. The summed E-state index contributed by atoms with van der Waals surface area (Å²) in [5.41, 5.74) is 1.05. The normalized spacial score (nSPS) is 10.2. The van der Waals surface area contributed by atoms with Gasteiger partial charge in [0, 0.05) is 16.5 Å². The average molecular weight is 267 g/mol. The fraction of sp³-hybridized carbons (Fsp3) is 0.154. The third-order valence-electron chi connectivity index (χ3n) is 2.35. The van der Waals surface area contributed by atoms with Gasteiger partial charge in [-0.15, -0.1) is 11.3 Å². The molecule has 0 aliphatic heterocycles. The number of rotatable bonds is 4. The van der Waals surface area contributed by atoms with Crippen molar-refractivity contribution < 1.29 is 9.53 Å². The van der Waals surface area contributed by atoms with Gasteiger partial charge in [0.15, 0.2) is 6.29 Å². The number of hydrogen-bond acceptors (Lipinski definition) is 3. The van der Waals surface area contributed by atoms with E-state index in [1.54, 1.807) is 6.07 Å².